The normalized spacial score (nSPS) is 13.8. The molecule has 1 rings (SSSR count). The van der Waals surface area contributed by atoms with Crippen molar-refractivity contribution < 1.29 is 4.74 Å². The van der Waals surface area contributed by atoms with Gasteiger partial charge in [0, 0.05) is 36.3 Å². The van der Waals surface area contributed by atoms with E-state index in [0.717, 1.165) is 24.2 Å². The number of ether oxygens (including phenoxy) is 1. The Bertz CT molecular complexity index is 404. The fourth-order valence-electron chi connectivity index (χ4n) is 2.01. The van der Waals surface area contributed by atoms with Crippen LogP contribution in [0.4, 0.5) is 0 Å². The van der Waals surface area contributed by atoms with E-state index in [9.17, 15) is 0 Å². The van der Waals surface area contributed by atoms with Crippen LogP contribution in [0.2, 0.25) is 0 Å². The molecule has 0 radical (unpaired) electrons. The Morgan fingerprint density at radius 3 is 2.60 bits per heavy atom. The molecular weight excluding hydrogens is 316 g/mol. The SMILES string of the molecule is COCC(CNC(C)(C)C)N(C)Cc1cccc(Br)c1. The summed E-state index contributed by atoms with van der Waals surface area (Å²) >= 11 is 3.52. The average Bonchev–Trinajstić information content (AvgIpc) is 2.33. The van der Waals surface area contributed by atoms with E-state index >= 15 is 0 Å². The number of hydrogen-bond acceptors (Lipinski definition) is 3. The van der Waals surface area contributed by atoms with Gasteiger partial charge in [0.05, 0.1) is 6.61 Å². The van der Waals surface area contributed by atoms with Crippen molar-refractivity contribution >= 4 is 15.9 Å². The molecule has 0 aliphatic rings. The first-order chi connectivity index (χ1) is 9.31. The standard InChI is InChI=1S/C16H27BrN2O/c1-16(2,3)18-10-15(12-20-5)19(4)11-13-7-6-8-14(17)9-13/h6-9,15,18H,10-12H2,1-5H3. The van der Waals surface area contributed by atoms with Gasteiger partial charge in [0.15, 0.2) is 0 Å². The van der Waals surface area contributed by atoms with Gasteiger partial charge in [-0.25, -0.2) is 0 Å². The molecule has 0 fully saturated rings. The molecule has 20 heavy (non-hydrogen) atoms. The number of rotatable bonds is 7. The maximum atomic E-state index is 5.36. The number of likely N-dealkylation sites (N-methyl/N-ethyl adjacent to an activating group) is 1. The van der Waals surface area contributed by atoms with Gasteiger partial charge in [-0.2, -0.15) is 0 Å². The van der Waals surface area contributed by atoms with E-state index in [1.54, 1.807) is 7.11 Å². The summed E-state index contributed by atoms with van der Waals surface area (Å²) in [6, 6.07) is 8.81. The Hall–Kier alpha value is -0.420. The van der Waals surface area contributed by atoms with E-state index in [-0.39, 0.29) is 5.54 Å². The van der Waals surface area contributed by atoms with E-state index in [4.69, 9.17) is 4.74 Å². The lowest BCUT2D eigenvalue weighted by atomic mass is 10.1. The van der Waals surface area contributed by atoms with Crippen LogP contribution in [0.25, 0.3) is 0 Å². The van der Waals surface area contributed by atoms with Gasteiger partial charge in [-0.1, -0.05) is 28.1 Å². The summed E-state index contributed by atoms with van der Waals surface area (Å²) in [6.45, 7) is 9.12. The minimum Gasteiger partial charge on any atom is -0.383 e. The lowest BCUT2D eigenvalue weighted by Gasteiger charge is -2.31. The van der Waals surface area contributed by atoms with Crippen LogP contribution in [0.1, 0.15) is 26.3 Å². The van der Waals surface area contributed by atoms with E-state index in [0.29, 0.717) is 6.04 Å². The minimum absolute atomic E-state index is 0.128. The molecule has 1 aromatic carbocycles. The van der Waals surface area contributed by atoms with Crippen molar-refractivity contribution in [1.29, 1.82) is 0 Å². The van der Waals surface area contributed by atoms with Crippen molar-refractivity contribution in [3.63, 3.8) is 0 Å². The minimum atomic E-state index is 0.128. The Kier molecular flexibility index (Phi) is 7.17. The molecule has 1 aromatic rings. The topological polar surface area (TPSA) is 24.5 Å². The molecule has 0 amide bonds. The molecule has 1 atom stereocenters. The first-order valence-corrected chi connectivity index (χ1v) is 7.80. The first-order valence-electron chi connectivity index (χ1n) is 7.00. The van der Waals surface area contributed by atoms with Gasteiger partial charge in [0.25, 0.3) is 0 Å². The largest absolute Gasteiger partial charge is 0.383 e. The second kappa shape index (κ2) is 8.13. The van der Waals surface area contributed by atoms with Gasteiger partial charge in [-0.05, 0) is 45.5 Å². The van der Waals surface area contributed by atoms with Crippen LogP contribution in [0.15, 0.2) is 28.7 Å². The summed E-state index contributed by atoms with van der Waals surface area (Å²) in [5, 5.41) is 3.55. The molecule has 0 bridgehead atoms. The Labute approximate surface area is 131 Å². The van der Waals surface area contributed by atoms with E-state index in [1.165, 1.54) is 5.56 Å². The quantitative estimate of drug-likeness (QED) is 0.822. The summed E-state index contributed by atoms with van der Waals surface area (Å²) in [5.74, 6) is 0. The highest BCUT2D eigenvalue weighted by Crippen LogP contribution is 2.14. The van der Waals surface area contributed by atoms with Crippen molar-refractivity contribution in [2.75, 3.05) is 27.3 Å². The zero-order chi connectivity index (χ0) is 15.2. The van der Waals surface area contributed by atoms with Crippen LogP contribution in [0.3, 0.4) is 0 Å². The number of methoxy groups -OCH3 is 1. The molecule has 0 saturated heterocycles. The summed E-state index contributed by atoms with van der Waals surface area (Å²) in [5.41, 5.74) is 1.43. The second-order valence-corrected chi connectivity index (χ2v) is 7.20. The number of hydrogen-bond donors (Lipinski definition) is 1. The van der Waals surface area contributed by atoms with Crippen LogP contribution in [0.5, 0.6) is 0 Å². The molecule has 114 valence electrons. The molecule has 0 aliphatic heterocycles. The smallest absolute Gasteiger partial charge is 0.0630 e. The zero-order valence-corrected chi connectivity index (χ0v) is 14.8. The van der Waals surface area contributed by atoms with Crippen molar-refractivity contribution in [3.05, 3.63) is 34.3 Å². The van der Waals surface area contributed by atoms with Crippen LogP contribution >= 0.6 is 15.9 Å². The third-order valence-electron chi connectivity index (χ3n) is 3.17. The third-order valence-corrected chi connectivity index (χ3v) is 3.66. The average molecular weight is 343 g/mol. The predicted molar refractivity (Wildman–Crippen MR) is 89.0 cm³/mol. The van der Waals surface area contributed by atoms with Crippen LogP contribution in [-0.2, 0) is 11.3 Å². The predicted octanol–water partition coefficient (Wildman–Crippen LogP) is 3.28. The highest BCUT2D eigenvalue weighted by molar-refractivity contribution is 9.10. The number of nitrogens with one attached hydrogen (secondary N) is 1. The summed E-state index contributed by atoms with van der Waals surface area (Å²) < 4.78 is 6.49. The van der Waals surface area contributed by atoms with Gasteiger partial charge >= 0.3 is 0 Å². The first kappa shape index (κ1) is 17.6. The Morgan fingerprint density at radius 2 is 2.05 bits per heavy atom. The van der Waals surface area contributed by atoms with Gasteiger partial charge in [-0.15, -0.1) is 0 Å². The monoisotopic (exact) mass is 342 g/mol. The highest BCUT2D eigenvalue weighted by atomic mass is 79.9. The van der Waals surface area contributed by atoms with Crippen molar-refractivity contribution in [1.82, 2.24) is 10.2 Å². The van der Waals surface area contributed by atoms with Gasteiger partial charge in [0.2, 0.25) is 0 Å². The van der Waals surface area contributed by atoms with E-state index < -0.39 is 0 Å². The fraction of sp³-hybridized carbons (Fsp3) is 0.625. The number of nitrogens with zero attached hydrogens (tertiary/aromatic N) is 1. The lowest BCUT2D eigenvalue weighted by Crippen LogP contribution is -2.48. The molecular formula is C16H27BrN2O. The molecule has 0 aliphatic carbocycles. The van der Waals surface area contributed by atoms with Crippen LogP contribution < -0.4 is 5.32 Å². The molecule has 0 aromatic heterocycles. The van der Waals surface area contributed by atoms with Crippen molar-refractivity contribution in [2.24, 2.45) is 0 Å². The maximum Gasteiger partial charge on any atom is 0.0630 e. The lowest BCUT2D eigenvalue weighted by molar-refractivity contribution is 0.0972. The highest BCUT2D eigenvalue weighted by Gasteiger charge is 2.18. The number of benzene rings is 1. The third kappa shape index (κ3) is 6.84. The van der Waals surface area contributed by atoms with Crippen molar-refractivity contribution in [2.45, 2.75) is 38.9 Å². The zero-order valence-electron chi connectivity index (χ0n) is 13.2. The molecule has 3 nitrogen and oxygen atoms in total. The van der Waals surface area contributed by atoms with Gasteiger partial charge < -0.3 is 10.1 Å². The molecule has 1 N–H and O–H groups in total. The number of halogens is 1. The van der Waals surface area contributed by atoms with Crippen molar-refractivity contribution in [3.8, 4) is 0 Å². The Balaban J connectivity index is 2.61. The maximum absolute atomic E-state index is 5.36. The summed E-state index contributed by atoms with van der Waals surface area (Å²) in [6.07, 6.45) is 0. The fourth-order valence-corrected chi connectivity index (χ4v) is 2.46. The summed E-state index contributed by atoms with van der Waals surface area (Å²) in [4.78, 5) is 2.34. The molecule has 0 heterocycles. The molecule has 1 unspecified atom stereocenters. The van der Waals surface area contributed by atoms with Crippen LogP contribution in [0, 0.1) is 0 Å². The van der Waals surface area contributed by atoms with E-state index in [1.807, 2.05) is 0 Å². The van der Waals surface area contributed by atoms with Crippen LogP contribution in [-0.4, -0.2) is 43.8 Å². The van der Waals surface area contributed by atoms with Gasteiger partial charge in [-0.3, -0.25) is 4.90 Å². The molecule has 0 spiro atoms. The summed E-state index contributed by atoms with van der Waals surface area (Å²) in [7, 11) is 3.91. The van der Waals surface area contributed by atoms with Gasteiger partial charge in [0.1, 0.15) is 0 Å². The Morgan fingerprint density at radius 1 is 1.35 bits per heavy atom. The molecule has 0 saturated carbocycles. The second-order valence-electron chi connectivity index (χ2n) is 6.29. The van der Waals surface area contributed by atoms with E-state index in [2.05, 4.69) is 78.2 Å². The molecule has 4 heteroatoms.